The summed E-state index contributed by atoms with van der Waals surface area (Å²) in [5.41, 5.74) is 5.62. The minimum Gasteiger partial charge on any atom is -0.354 e. The molecule has 2 aromatic heterocycles. The molecule has 0 radical (unpaired) electrons. The number of nitrogens with zero attached hydrogens (tertiary/aromatic N) is 2. The summed E-state index contributed by atoms with van der Waals surface area (Å²) in [7, 11) is 0. The Morgan fingerprint density at radius 1 is 0.833 bits per heavy atom. The molecule has 2 heterocycles. The molecule has 0 amide bonds. The highest BCUT2D eigenvalue weighted by atomic mass is 19.1. The van der Waals surface area contributed by atoms with E-state index in [1.54, 1.807) is 30.7 Å². The van der Waals surface area contributed by atoms with Gasteiger partial charge in [-0.25, -0.2) is 4.39 Å². The van der Waals surface area contributed by atoms with Crippen molar-refractivity contribution in [3.8, 4) is 33.8 Å². The zero-order valence-corrected chi connectivity index (χ0v) is 12.8. The van der Waals surface area contributed by atoms with Gasteiger partial charge in [0, 0.05) is 23.7 Å². The van der Waals surface area contributed by atoms with Crippen LogP contribution < -0.4 is 0 Å². The first-order valence-electron chi connectivity index (χ1n) is 7.62. The van der Waals surface area contributed by atoms with Crippen molar-refractivity contribution >= 4 is 0 Å². The van der Waals surface area contributed by atoms with Gasteiger partial charge in [-0.05, 0) is 41.5 Å². The Balaban J connectivity index is 1.89. The standard InChI is InChI=1S/C20H14FN3/c21-16-8-6-14(7-9-16)18-12-17(19-13-22-10-11-23-19)20(24-18)15-4-2-1-3-5-15/h1-13,24H. The van der Waals surface area contributed by atoms with Crippen molar-refractivity contribution < 1.29 is 4.39 Å². The zero-order valence-electron chi connectivity index (χ0n) is 12.8. The van der Waals surface area contributed by atoms with Gasteiger partial charge < -0.3 is 4.98 Å². The van der Waals surface area contributed by atoms with Gasteiger partial charge >= 0.3 is 0 Å². The fourth-order valence-corrected chi connectivity index (χ4v) is 2.71. The highest BCUT2D eigenvalue weighted by molar-refractivity contribution is 5.84. The van der Waals surface area contributed by atoms with E-state index in [1.165, 1.54) is 12.1 Å². The molecule has 3 nitrogen and oxygen atoms in total. The number of hydrogen-bond donors (Lipinski definition) is 1. The number of hydrogen-bond acceptors (Lipinski definition) is 2. The third kappa shape index (κ3) is 2.70. The first kappa shape index (κ1) is 14.3. The lowest BCUT2D eigenvalue weighted by Gasteiger charge is -2.03. The largest absolute Gasteiger partial charge is 0.354 e. The van der Waals surface area contributed by atoms with Crippen LogP contribution >= 0.6 is 0 Å². The Bertz CT molecular complexity index is 888. The van der Waals surface area contributed by atoms with Crippen LogP contribution in [0.4, 0.5) is 4.39 Å². The molecule has 0 aliphatic rings. The zero-order chi connectivity index (χ0) is 16.4. The number of halogens is 1. The Morgan fingerprint density at radius 3 is 2.33 bits per heavy atom. The molecule has 24 heavy (non-hydrogen) atoms. The summed E-state index contributed by atoms with van der Waals surface area (Å²) in [6.45, 7) is 0. The molecule has 0 spiro atoms. The fourth-order valence-electron chi connectivity index (χ4n) is 2.71. The van der Waals surface area contributed by atoms with Crippen molar-refractivity contribution in [3.63, 3.8) is 0 Å². The first-order chi connectivity index (χ1) is 11.8. The average molecular weight is 315 g/mol. The molecular weight excluding hydrogens is 301 g/mol. The van der Waals surface area contributed by atoms with Gasteiger partial charge in [-0.1, -0.05) is 30.3 Å². The lowest BCUT2D eigenvalue weighted by molar-refractivity contribution is 0.628. The fraction of sp³-hybridized carbons (Fsp3) is 0. The Hall–Kier alpha value is -3.27. The number of rotatable bonds is 3. The Morgan fingerprint density at radius 2 is 1.62 bits per heavy atom. The van der Waals surface area contributed by atoms with Gasteiger partial charge in [0.1, 0.15) is 5.82 Å². The quantitative estimate of drug-likeness (QED) is 0.581. The molecule has 116 valence electrons. The molecule has 1 N–H and O–H groups in total. The van der Waals surface area contributed by atoms with E-state index in [4.69, 9.17) is 0 Å². The van der Waals surface area contributed by atoms with E-state index in [1.807, 2.05) is 36.4 Å². The minimum absolute atomic E-state index is 0.247. The van der Waals surface area contributed by atoms with Gasteiger partial charge in [0.05, 0.1) is 17.6 Å². The van der Waals surface area contributed by atoms with Crippen molar-refractivity contribution in [2.24, 2.45) is 0 Å². The molecular formula is C20H14FN3. The van der Waals surface area contributed by atoms with Gasteiger partial charge in [0.25, 0.3) is 0 Å². The van der Waals surface area contributed by atoms with Crippen LogP contribution in [0.15, 0.2) is 79.3 Å². The lowest BCUT2D eigenvalue weighted by atomic mass is 10.1. The van der Waals surface area contributed by atoms with Crippen LogP contribution in [-0.4, -0.2) is 15.0 Å². The average Bonchev–Trinajstić information content (AvgIpc) is 3.09. The SMILES string of the molecule is Fc1ccc(-c2cc(-c3cnccn3)c(-c3ccccc3)[nH]2)cc1. The predicted molar refractivity (Wildman–Crippen MR) is 92.6 cm³/mol. The lowest BCUT2D eigenvalue weighted by Crippen LogP contribution is -1.86. The van der Waals surface area contributed by atoms with Gasteiger partial charge in [0.15, 0.2) is 0 Å². The molecule has 4 aromatic rings. The van der Waals surface area contributed by atoms with Crippen LogP contribution in [0.1, 0.15) is 0 Å². The maximum absolute atomic E-state index is 13.2. The van der Waals surface area contributed by atoms with Gasteiger partial charge in [-0.15, -0.1) is 0 Å². The van der Waals surface area contributed by atoms with Gasteiger partial charge in [0.2, 0.25) is 0 Å². The summed E-state index contributed by atoms with van der Waals surface area (Å²) in [6, 6.07) is 18.5. The smallest absolute Gasteiger partial charge is 0.123 e. The van der Waals surface area contributed by atoms with Crippen molar-refractivity contribution in [1.29, 1.82) is 0 Å². The van der Waals surface area contributed by atoms with Crippen LogP contribution in [0.2, 0.25) is 0 Å². The maximum Gasteiger partial charge on any atom is 0.123 e. The van der Waals surface area contributed by atoms with Crippen molar-refractivity contribution in [2.75, 3.05) is 0 Å². The van der Waals surface area contributed by atoms with E-state index in [0.29, 0.717) is 0 Å². The molecule has 0 fully saturated rings. The second kappa shape index (κ2) is 6.08. The van der Waals surface area contributed by atoms with E-state index < -0.39 is 0 Å². The molecule has 2 aromatic carbocycles. The topological polar surface area (TPSA) is 41.6 Å². The third-order valence-corrected chi connectivity index (χ3v) is 3.87. The van der Waals surface area contributed by atoms with Gasteiger partial charge in [-0.2, -0.15) is 0 Å². The van der Waals surface area contributed by atoms with Crippen LogP contribution in [0, 0.1) is 5.82 Å². The van der Waals surface area contributed by atoms with Crippen LogP contribution in [0.3, 0.4) is 0 Å². The third-order valence-electron chi connectivity index (χ3n) is 3.87. The normalized spacial score (nSPS) is 10.7. The molecule has 4 rings (SSSR count). The second-order valence-electron chi connectivity index (χ2n) is 5.44. The number of H-pyrrole nitrogens is 1. The van der Waals surface area contributed by atoms with E-state index in [0.717, 1.165) is 33.8 Å². The van der Waals surface area contributed by atoms with E-state index in [-0.39, 0.29) is 5.82 Å². The molecule has 0 atom stereocenters. The Labute approximate surface area is 138 Å². The number of aromatic nitrogens is 3. The molecule has 0 saturated heterocycles. The maximum atomic E-state index is 13.2. The summed E-state index contributed by atoms with van der Waals surface area (Å²) in [5, 5.41) is 0. The summed E-state index contributed by atoms with van der Waals surface area (Å²) in [4.78, 5) is 12.0. The van der Waals surface area contributed by atoms with Crippen LogP contribution in [-0.2, 0) is 0 Å². The molecule has 0 aliphatic carbocycles. The molecule has 4 heteroatoms. The summed E-state index contributed by atoms with van der Waals surface area (Å²) in [6.07, 6.45) is 5.07. The summed E-state index contributed by atoms with van der Waals surface area (Å²) < 4.78 is 13.2. The van der Waals surface area contributed by atoms with E-state index in [9.17, 15) is 4.39 Å². The first-order valence-corrected chi connectivity index (χ1v) is 7.62. The number of aromatic amines is 1. The molecule has 0 bridgehead atoms. The van der Waals surface area contributed by atoms with E-state index in [2.05, 4.69) is 15.0 Å². The highest BCUT2D eigenvalue weighted by Gasteiger charge is 2.14. The molecule has 0 saturated carbocycles. The number of nitrogens with one attached hydrogen (secondary N) is 1. The highest BCUT2D eigenvalue weighted by Crippen LogP contribution is 2.34. The molecule has 0 unspecified atom stereocenters. The van der Waals surface area contributed by atoms with Crippen molar-refractivity contribution in [3.05, 3.63) is 85.1 Å². The minimum atomic E-state index is -0.247. The van der Waals surface area contributed by atoms with Crippen molar-refractivity contribution in [2.45, 2.75) is 0 Å². The van der Waals surface area contributed by atoms with Crippen LogP contribution in [0.5, 0.6) is 0 Å². The summed E-state index contributed by atoms with van der Waals surface area (Å²) in [5.74, 6) is -0.247. The molecule has 0 aliphatic heterocycles. The van der Waals surface area contributed by atoms with Crippen molar-refractivity contribution in [1.82, 2.24) is 15.0 Å². The van der Waals surface area contributed by atoms with E-state index >= 15 is 0 Å². The van der Waals surface area contributed by atoms with Gasteiger partial charge in [-0.3, -0.25) is 9.97 Å². The monoisotopic (exact) mass is 315 g/mol. The van der Waals surface area contributed by atoms with Crippen LogP contribution in [0.25, 0.3) is 33.8 Å². The Kier molecular flexibility index (Phi) is 3.63. The predicted octanol–water partition coefficient (Wildman–Crippen LogP) is 4.94. The number of benzene rings is 2. The summed E-state index contributed by atoms with van der Waals surface area (Å²) >= 11 is 0. The second-order valence-corrected chi connectivity index (χ2v) is 5.44.